The zero-order valence-corrected chi connectivity index (χ0v) is 10.4. The molecule has 5 nitrogen and oxygen atoms in total. The highest BCUT2D eigenvalue weighted by Gasteiger charge is 2.27. The van der Waals surface area contributed by atoms with Crippen molar-refractivity contribution in [1.82, 2.24) is 4.90 Å². The van der Waals surface area contributed by atoms with Gasteiger partial charge in [-0.05, 0) is 25.1 Å². The van der Waals surface area contributed by atoms with Gasteiger partial charge in [0.1, 0.15) is 5.75 Å². The lowest BCUT2D eigenvalue weighted by Gasteiger charge is -2.34. The lowest BCUT2D eigenvalue weighted by molar-refractivity contribution is -0.0300. The molecule has 2 atom stereocenters. The van der Waals surface area contributed by atoms with Crippen LogP contribution in [0.25, 0.3) is 0 Å². The Balaban J connectivity index is 2.09. The Kier molecular flexibility index (Phi) is 3.84. The van der Waals surface area contributed by atoms with E-state index in [1.54, 1.807) is 23.1 Å². The summed E-state index contributed by atoms with van der Waals surface area (Å²) in [7, 11) is 0. The van der Waals surface area contributed by atoms with Crippen LogP contribution < -0.4 is 5.73 Å². The van der Waals surface area contributed by atoms with Gasteiger partial charge in [-0.25, -0.2) is 0 Å². The number of carbonyl (C=O) groups excluding carboxylic acids is 1. The highest BCUT2D eigenvalue weighted by Crippen LogP contribution is 2.15. The van der Waals surface area contributed by atoms with Gasteiger partial charge in [0, 0.05) is 24.7 Å². The molecule has 1 heterocycles. The summed E-state index contributed by atoms with van der Waals surface area (Å²) >= 11 is 0. The first-order chi connectivity index (χ1) is 8.58. The molecule has 1 aliphatic heterocycles. The summed E-state index contributed by atoms with van der Waals surface area (Å²) in [6.07, 6.45) is -0.125. The Labute approximate surface area is 106 Å². The second-order valence-corrected chi connectivity index (χ2v) is 4.57. The van der Waals surface area contributed by atoms with Crippen molar-refractivity contribution in [2.75, 3.05) is 19.7 Å². The zero-order chi connectivity index (χ0) is 13.1. The second kappa shape index (κ2) is 5.37. The number of aromatic hydroxyl groups is 1. The van der Waals surface area contributed by atoms with Crippen LogP contribution >= 0.6 is 0 Å². The predicted molar refractivity (Wildman–Crippen MR) is 67.4 cm³/mol. The number of phenols is 1. The van der Waals surface area contributed by atoms with Gasteiger partial charge in [-0.15, -0.1) is 0 Å². The SMILES string of the molecule is CC(N)C1CN(C(=O)c2cccc(O)c2)CCO1. The fraction of sp³-hybridized carbons (Fsp3) is 0.462. The third kappa shape index (κ3) is 2.80. The molecule has 0 saturated carbocycles. The van der Waals surface area contributed by atoms with Crippen molar-refractivity contribution in [2.45, 2.75) is 19.1 Å². The molecular weight excluding hydrogens is 232 g/mol. The van der Waals surface area contributed by atoms with Crippen LogP contribution in [0, 0.1) is 0 Å². The average molecular weight is 250 g/mol. The lowest BCUT2D eigenvalue weighted by atomic mass is 10.1. The molecule has 0 spiro atoms. The molecule has 3 N–H and O–H groups in total. The number of morpholine rings is 1. The molecule has 98 valence electrons. The van der Waals surface area contributed by atoms with Crippen molar-refractivity contribution in [3.8, 4) is 5.75 Å². The number of amides is 1. The van der Waals surface area contributed by atoms with Gasteiger partial charge < -0.3 is 20.5 Å². The van der Waals surface area contributed by atoms with Gasteiger partial charge in [-0.3, -0.25) is 4.79 Å². The van der Waals surface area contributed by atoms with Crippen LogP contribution in [0.1, 0.15) is 17.3 Å². The average Bonchev–Trinajstić information content (AvgIpc) is 2.38. The van der Waals surface area contributed by atoms with Crippen molar-refractivity contribution in [3.05, 3.63) is 29.8 Å². The van der Waals surface area contributed by atoms with Gasteiger partial charge in [0.2, 0.25) is 0 Å². The van der Waals surface area contributed by atoms with Gasteiger partial charge in [-0.2, -0.15) is 0 Å². The van der Waals surface area contributed by atoms with Crippen LogP contribution in [0.15, 0.2) is 24.3 Å². The molecular formula is C13H18N2O3. The number of phenolic OH excluding ortho intramolecular Hbond substituents is 1. The van der Waals surface area contributed by atoms with Gasteiger partial charge in [0.25, 0.3) is 5.91 Å². The number of benzene rings is 1. The first-order valence-corrected chi connectivity index (χ1v) is 6.03. The summed E-state index contributed by atoms with van der Waals surface area (Å²) in [5.41, 5.74) is 6.28. The minimum atomic E-state index is -0.125. The number of rotatable bonds is 2. The van der Waals surface area contributed by atoms with E-state index in [1.807, 2.05) is 6.92 Å². The molecule has 1 saturated heterocycles. The van der Waals surface area contributed by atoms with E-state index in [2.05, 4.69) is 0 Å². The molecule has 2 unspecified atom stereocenters. The minimum Gasteiger partial charge on any atom is -0.508 e. The molecule has 1 aromatic carbocycles. The Hall–Kier alpha value is -1.59. The van der Waals surface area contributed by atoms with Gasteiger partial charge in [0.05, 0.1) is 12.7 Å². The highest BCUT2D eigenvalue weighted by atomic mass is 16.5. The van der Waals surface area contributed by atoms with Crippen molar-refractivity contribution in [3.63, 3.8) is 0 Å². The topological polar surface area (TPSA) is 75.8 Å². The van der Waals surface area contributed by atoms with E-state index in [1.165, 1.54) is 6.07 Å². The quantitative estimate of drug-likeness (QED) is 0.805. The van der Waals surface area contributed by atoms with E-state index in [0.29, 0.717) is 25.3 Å². The Bertz CT molecular complexity index is 434. The molecule has 0 aliphatic carbocycles. The largest absolute Gasteiger partial charge is 0.508 e. The van der Waals surface area contributed by atoms with Gasteiger partial charge in [-0.1, -0.05) is 6.07 Å². The summed E-state index contributed by atoms with van der Waals surface area (Å²) < 4.78 is 5.51. The van der Waals surface area contributed by atoms with Gasteiger partial charge in [0.15, 0.2) is 0 Å². The molecule has 0 bridgehead atoms. The lowest BCUT2D eigenvalue weighted by Crippen LogP contribution is -2.51. The van der Waals surface area contributed by atoms with Crippen LogP contribution in [0.4, 0.5) is 0 Å². The normalized spacial score (nSPS) is 21.7. The fourth-order valence-corrected chi connectivity index (χ4v) is 2.00. The molecule has 0 radical (unpaired) electrons. The predicted octanol–water partition coefficient (Wildman–Crippen LogP) is 0.580. The molecule has 0 aromatic heterocycles. The Morgan fingerprint density at radius 1 is 1.61 bits per heavy atom. The summed E-state index contributed by atoms with van der Waals surface area (Å²) in [6.45, 7) is 3.41. The fourth-order valence-electron chi connectivity index (χ4n) is 2.00. The maximum Gasteiger partial charge on any atom is 0.254 e. The summed E-state index contributed by atoms with van der Waals surface area (Å²) in [4.78, 5) is 14.0. The number of carbonyl (C=O) groups is 1. The molecule has 2 rings (SSSR count). The maximum absolute atomic E-state index is 12.2. The molecule has 1 fully saturated rings. The molecule has 18 heavy (non-hydrogen) atoms. The van der Waals surface area contributed by atoms with Crippen LogP contribution in [-0.4, -0.2) is 47.8 Å². The van der Waals surface area contributed by atoms with Crippen LogP contribution in [0.3, 0.4) is 0 Å². The van der Waals surface area contributed by atoms with E-state index >= 15 is 0 Å². The van der Waals surface area contributed by atoms with E-state index in [-0.39, 0.29) is 23.8 Å². The van der Waals surface area contributed by atoms with Crippen molar-refractivity contribution in [1.29, 1.82) is 0 Å². The van der Waals surface area contributed by atoms with Gasteiger partial charge >= 0.3 is 0 Å². The summed E-state index contributed by atoms with van der Waals surface area (Å²) in [5, 5.41) is 9.39. The monoisotopic (exact) mass is 250 g/mol. The molecule has 1 aromatic rings. The molecule has 1 amide bonds. The molecule has 1 aliphatic rings. The minimum absolute atomic E-state index is 0.0952. The van der Waals surface area contributed by atoms with Crippen molar-refractivity contribution >= 4 is 5.91 Å². The number of ether oxygens (including phenoxy) is 1. The Morgan fingerprint density at radius 3 is 3.06 bits per heavy atom. The number of nitrogens with zero attached hydrogens (tertiary/aromatic N) is 1. The zero-order valence-electron chi connectivity index (χ0n) is 10.4. The summed E-state index contributed by atoms with van der Waals surface area (Å²) in [6, 6.07) is 6.26. The van der Waals surface area contributed by atoms with Crippen molar-refractivity contribution < 1.29 is 14.6 Å². The molecule has 5 heteroatoms. The first-order valence-electron chi connectivity index (χ1n) is 6.03. The highest BCUT2D eigenvalue weighted by molar-refractivity contribution is 5.94. The second-order valence-electron chi connectivity index (χ2n) is 4.57. The van der Waals surface area contributed by atoms with E-state index < -0.39 is 0 Å². The smallest absolute Gasteiger partial charge is 0.254 e. The first kappa shape index (κ1) is 12.9. The van der Waals surface area contributed by atoms with Crippen molar-refractivity contribution in [2.24, 2.45) is 5.73 Å². The third-order valence-corrected chi connectivity index (χ3v) is 3.06. The number of nitrogens with two attached hydrogens (primary N) is 1. The maximum atomic E-state index is 12.2. The van der Waals surface area contributed by atoms with E-state index in [4.69, 9.17) is 10.5 Å². The number of hydrogen-bond acceptors (Lipinski definition) is 4. The van der Waals surface area contributed by atoms with Crippen LogP contribution in [0.2, 0.25) is 0 Å². The van der Waals surface area contributed by atoms with E-state index in [9.17, 15) is 9.90 Å². The third-order valence-electron chi connectivity index (χ3n) is 3.06. The Morgan fingerprint density at radius 2 is 2.39 bits per heavy atom. The summed E-state index contributed by atoms with van der Waals surface area (Å²) in [5.74, 6) is -0.00213. The van der Waals surface area contributed by atoms with Crippen LogP contribution in [-0.2, 0) is 4.74 Å². The standard InChI is InChI=1S/C13H18N2O3/c1-9(14)12-8-15(5-6-18-12)13(17)10-3-2-4-11(16)7-10/h2-4,7,9,12,16H,5-6,8,14H2,1H3. The van der Waals surface area contributed by atoms with E-state index in [0.717, 1.165) is 0 Å². The number of hydrogen-bond donors (Lipinski definition) is 2. The van der Waals surface area contributed by atoms with Crippen LogP contribution in [0.5, 0.6) is 5.75 Å².